The zero-order valence-corrected chi connectivity index (χ0v) is 19.0. The van der Waals surface area contributed by atoms with E-state index in [-0.39, 0.29) is 0 Å². The smallest absolute Gasteiger partial charge is 0.190 e. The van der Waals surface area contributed by atoms with E-state index in [1.54, 1.807) is 0 Å². The maximum atomic E-state index is 4.49. The lowest BCUT2D eigenvalue weighted by molar-refractivity contribution is 0.125. The lowest BCUT2D eigenvalue weighted by Crippen LogP contribution is -2.48. The largest absolute Gasteiger partial charge is 0.356 e. The Hall–Kier alpha value is -1.11. The first-order valence-corrected chi connectivity index (χ1v) is 11.9. The van der Waals surface area contributed by atoms with Gasteiger partial charge in [-0.05, 0) is 83.0 Å². The fourth-order valence-electron chi connectivity index (χ4n) is 4.80. The maximum Gasteiger partial charge on any atom is 0.190 e. The topological polar surface area (TPSA) is 42.9 Å². The van der Waals surface area contributed by atoms with Gasteiger partial charge in [-0.1, -0.05) is 6.07 Å². The SMILES string of the molecule is CN=C(NCC1CCCN(C(C)C)C1)NCC1CCCN(C)C1c1cccs1. The number of piperidine rings is 2. The van der Waals surface area contributed by atoms with Crippen molar-refractivity contribution in [2.45, 2.75) is 51.6 Å². The number of thiophene rings is 1. The van der Waals surface area contributed by atoms with Gasteiger partial charge in [0.15, 0.2) is 5.96 Å². The number of nitrogens with one attached hydrogen (secondary N) is 2. The highest BCUT2D eigenvalue weighted by atomic mass is 32.1. The van der Waals surface area contributed by atoms with Gasteiger partial charge in [0.05, 0.1) is 0 Å². The second-order valence-electron chi connectivity index (χ2n) is 8.77. The predicted molar refractivity (Wildman–Crippen MR) is 121 cm³/mol. The Bertz CT molecular complexity index is 600. The summed E-state index contributed by atoms with van der Waals surface area (Å²) in [6.07, 6.45) is 5.20. The first-order valence-electron chi connectivity index (χ1n) is 11.0. The first-order chi connectivity index (χ1) is 13.6. The third kappa shape index (κ3) is 5.71. The summed E-state index contributed by atoms with van der Waals surface area (Å²) >= 11 is 1.89. The number of hydrogen-bond donors (Lipinski definition) is 2. The molecule has 0 aromatic carbocycles. The molecule has 3 heterocycles. The van der Waals surface area contributed by atoms with Crippen molar-refractivity contribution < 1.29 is 0 Å². The molecule has 2 N–H and O–H groups in total. The van der Waals surface area contributed by atoms with Crippen LogP contribution in [0.5, 0.6) is 0 Å². The molecule has 0 aliphatic carbocycles. The van der Waals surface area contributed by atoms with Crippen LogP contribution in [0.2, 0.25) is 0 Å². The van der Waals surface area contributed by atoms with Gasteiger partial charge in [-0.3, -0.25) is 9.89 Å². The van der Waals surface area contributed by atoms with Crippen molar-refractivity contribution in [2.75, 3.05) is 46.8 Å². The molecule has 6 heteroatoms. The van der Waals surface area contributed by atoms with E-state index in [2.05, 4.69) is 63.8 Å². The second-order valence-corrected chi connectivity index (χ2v) is 9.75. The van der Waals surface area contributed by atoms with Crippen LogP contribution in [0, 0.1) is 11.8 Å². The van der Waals surface area contributed by atoms with Crippen LogP contribution < -0.4 is 10.6 Å². The van der Waals surface area contributed by atoms with Crippen molar-refractivity contribution in [1.29, 1.82) is 0 Å². The quantitative estimate of drug-likeness (QED) is 0.562. The van der Waals surface area contributed by atoms with Crippen molar-refractivity contribution in [3.63, 3.8) is 0 Å². The molecule has 3 unspecified atom stereocenters. The normalized spacial score (nSPS) is 27.9. The van der Waals surface area contributed by atoms with E-state index >= 15 is 0 Å². The molecular formula is C22H39N5S. The Morgan fingerprint density at radius 3 is 2.71 bits per heavy atom. The molecule has 0 amide bonds. The van der Waals surface area contributed by atoms with Gasteiger partial charge in [0.25, 0.3) is 0 Å². The van der Waals surface area contributed by atoms with Gasteiger partial charge in [-0.2, -0.15) is 0 Å². The van der Waals surface area contributed by atoms with Crippen molar-refractivity contribution in [3.8, 4) is 0 Å². The summed E-state index contributed by atoms with van der Waals surface area (Å²) in [5.74, 6) is 2.30. The molecule has 5 nitrogen and oxygen atoms in total. The van der Waals surface area contributed by atoms with Crippen LogP contribution in [-0.4, -0.2) is 68.6 Å². The summed E-state index contributed by atoms with van der Waals surface area (Å²) < 4.78 is 0. The van der Waals surface area contributed by atoms with Gasteiger partial charge >= 0.3 is 0 Å². The fourth-order valence-corrected chi connectivity index (χ4v) is 5.79. The number of aliphatic imine (C=N–C) groups is 1. The first kappa shape index (κ1) is 21.6. The highest BCUT2D eigenvalue weighted by Crippen LogP contribution is 2.36. The van der Waals surface area contributed by atoms with E-state index in [0.29, 0.717) is 18.0 Å². The van der Waals surface area contributed by atoms with E-state index in [1.165, 1.54) is 50.2 Å². The summed E-state index contributed by atoms with van der Waals surface area (Å²) in [6, 6.07) is 5.65. The lowest BCUT2D eigenvalue weighted by Gasteiger charge is -2.39. The van der Waals surface area contributed by atoms with E-state index in [1.807, 2.05) is 18.4 Å². The van der Waals surface area contributed by atoms with E-state index in [0.717, 1.165) is 25.0 Å². The van der Waals surface area contributed by atoms with Gasteiger partial charge < -0.3 is 15.5 Å². The van der Waals surface area contributed by atoms with Crippen molar-refractivity contribution in [1.82, 2.24) is 20.4 Å². The van der Waals surface area contributed by atoms with Crippen LogP contribution in [0.25, 0.3) is 0 Å². The average Bonchev–Trinajstić information content (AvgIpc) is 3.22. The Kier molecular flexibility index (Phi) is 8.18. The number of nitrogens with zero attached hydrogens (tertiary/aromatic N) is 3. The molecule has 0 spiro atoms. The molecule has 3 atom stereocenters. The molecule has 158 valence electrons. The number of hydrogen-bond acceptors (Lipinski definition) is 4. The standard InChI is InChI=1S/C22H39N5S/c1-17(2)27-12-5-8-18(16-27)14-24-22(23-3)25-15-19-9-6-11-26(4)21(19)20-10-7-13-28-20/h7,10,13,17-19,21H,5-6,8-9,11-12,14-16H2,1-4H3,(H2,23,24,25). The summed E-state index contributed by atoms with van der Waals surface area (Å²) in [7, 11) is 4.16. The van der Waals surface area contributed by atoms with Crippen LogP contribution in [0.3, 0.4) is 0 Å². The van der Waals surface area contributed by atoms with Gasteiger partial charge in [0, 0.05) is 43.6 Å². The van der Waals surface area contributed by atoms with Gasteiger partial charge in [-0.15, -0.1) is 11.3 Å². The number of rotatable bonds is 6. The van der Waals surface area contributed by atoms with E-state index < -0.39 is 0 Å². The van der Waals surface area contributed by atoms with Crippen LogP contribution in [-0.2, 0) is 0 Å². The lowest BCUT2D eigenvalue weighted by atomic mass is 9.88. The molecule has 0 bridgehead atoms. The minimum atomic E-state index is 0.525. The molecule has 0 saturated carbocycles. The van der Waals surface area contributed by atoms with Gasteiger partial charge in [0.1, 0.15) is 0 Å². The molecule has 0 radical (unpaired) electrons. The molecular weight excluding hydrogens is 366 g/mol. The molecule has 2 fully saturated rings. The van der Waals surface area contributed by atoms with Crippen molar-refractivity contribution in [3.05, 3.63) is 22.4 Å². The van der Waals surface area contributed by atoms with Crippen LogP contribution in [0.15, 0.2) is 22.5 Å². The Balaban J connectivity index is 1.49. The third-order valence-electron chi connectivity index (χ3n) is 6.44. The molecule has 28 heavy (non-hydrogen) atoms. The minimum absolute atomic E-state index is 0.525. The van der Waals surface area contributed by atoms with Crippen molar-refractivity contribution in [2.24, 2.45) is 16.8 Å². The zero-order valence-electron chi connectivity index (χ0n) is 18.2. The number of likely N-dealkylation sites (tertiary alicyclic amines) is 2. The summed E-state index contributed by atoms with van der Waals surface area (Å²) in [5, 5.41) is 9.43. The fraction of sp³-hybridized carbons (Fsp3) is 0.773. The monoisotopic (exact) mass is 405 g/mol. The molecule has 1 aromatic heterocycles. The summed E-state index contributed by atoms with van der Waals surface area (Å²) in [6.45, 7) is 10.3. The molecule has 2 aliphatic rings. The van der Waals surface area contributed by atoms with Crippen LogP contribution >= 0.6 is 11.3 Å². The maximum absolute atomic E-state index is 4.49. The van der Waals surface area contributed by atoms with Crippen LogP contribution in [0.4, 0.5) is 0 Å². The number of guanidine groups is 1. The third-order valence-corrected chi connectivity index (χ3v) is 7.38. The van der Waals surface area contributed by atoms with Crippen molar-refractivity contribution >= 4 is 17.3 Å². The van der Waals surface area contributed by atoms with E-state index in [9.17, 15) is 0 Å². The molecule has 1 aromatic rings. The highest BCUT2D eigenvalue weighted by Gasteiger charge is 2.31. The van der Waals surface area contributed by atoms with Crippen LogP contribution in [0.1, 0.15) is 50.4 Å². The molecule has 2 aliphatic heterocycles. The Labute approximate surface area is 175 Å². The average molecular weight is 406 g/mol. The Morgan fingerprint density at radius 1 is 1.21 bits per heavy atom. The summed E-state index contributed by atoms with van der Waals surface area (Å²) in [5.41, 5.74) is 0. The van der Waals surface area contributed by atoms with Gasteiger partial charge in [0.2, 0.25) is 0 Å². The Morgan fingerprint density at radius 2 is 2.00 bits per heavy atom. The molecule has 3 rings (SSSR count). The summed E-state index contributed by atoms with van der Waals surface area (Å²) in [4.78, 5) is 11.1. The zero-order chi connectivity index (χ0) is 19.9. The van der Waals surface area contributed by atoms with Gasteiger partial charge in [-0.25, -0.2) is 0 Å². The second kappa shape index (κ2) is 10.6. The predicted octanol–water partition coefficient (Wildman–Crippen LogP) is 3.42. The minimum Gasteiger partial charge on any atom is -0.356 e. The highest BCUT2D eigenvalue weighted by molar-refractivity contribution is 7.10. The van der Waals surface area contributed by atoms with E-state index in [4.69, 9.17) is 0 Å². The molecule has 2 saturated heterocycles.